The van der Waals surface area contributed by atoms with Gasteiger partial charge >= 0.3 is 0 Å². The number of aromatic nitrogens is 3. The minimum absolute atomic E-state index is 0.347. The fraction of sp³-hybridized carbons (Fsp3) is 0. The van der Waals surface area contributed by atoms with Crippen LogP contribution in [-0.2, 0) is 0 Å². The van der Waals surface area contributed by atoms with Crippen LogP contribution in [0.15, 0.2) is 65.6 Å². The van der Waals surface area contributed by atoms with E-state index in [1.54, 1.807) is 24.7 Å². The molecule has 0 saturated carbocycles. The first-order chi connectivity index (χ1) is 11.7. The van der Waals surface area contributed by atoms with Crippen molar-refractivity contribution >= 4 is 17.0 Å². The maximum absolute atomic E-state index is 11.3. The quantitative estimate of drug-likeness (QED) is 0.627. The van der Waals surface area contributed by atoms with Gasteiger partial charge in [-0.25, -0.2) is 4.98 Å². The van der Waals surface area contributed by atoms with Gasteiger partial charge in [0.2, 0.25) is 11.8 Å². The Morgan fingerprint density at radius 2 is 1.62 bits per heavy atom. The van der Waals surface area contributed by atoms with Gasteiger partial charge in [0.05, 0.1) is 11.1 Å². The first-order valence-corrected chi connectivity index (χ1v) is 7.27. The molecule has 6 nitrogen and oxygen atoms in total. The molecule has 3 heterocycles. The number of oxazole rings is 1. The number of hydrogen-bond acceptors (Lipinski definition) is 5. The third-order valence-electron chi connectivity index (χ3n) is 3.64. The summed E-state index contributed by atoms with van der Waals surface area (Å²) in [4.78, 5) is 24.1. The summed E-state index contributed by atoms with van der Waals surface area (Å²) < 4.78 is 5.77. The molecule has 116 valence electrons. The summed E-state index contributed by atoms with van der Waals surface area (Å²) in [5.41, 5.74) is 9.44. The Labute approximate surface area is 137 Å². The van der Waals surface area contributed by atoms with Crippen molar-refractivity contribution in [1.29, 1.82) is 0 Å². The molecule has 0 aliphatic carbocycles. The smallest absolute Gasteiger partial charge is 0.250 e. The minimum atomic E-state index is -0.521. The lowest BCUT2D eigenvalue weighted by Crippen LogP contribution is -2.11. The fourth-order valence-corrected chi connectivity index (χ4v) is 2.44. The van der Waals surface area contributed by atoms with E-state index >= 15 is 0 Å². The minimum Gasteiger partial charge on any atom is -0.436 e. The maximum Gasteiger partial charge on any atom is 0.250 e. The van der Waals surface area contributed by atoms with E-state index < -0.39 is 5.91 Å². The number of nitrogens with two attached hydrogens (primary N) is 1. The lowest BCUT2D eigenvalue weighted by molar-refractivity contribution is 0.1000. The van der Waals surface area contributed by atoms with Gasteiger partial charge in [-0.1, -0.05) is 12.1 Å². The van der Waals surface area contributed by atoms with Crippen molar-refractivity contribution in [3.8, 4) is 22.6 Å². The second kappa shape index (κ2) is 5.58. The fourth-order valence-electron chi connectivity index (χ4n) is 2.44. The molecule has 2 N–H and O–H groups in total. The highest BCUT2D eigenvalue weighted by Gasteiger charge is 2.10. The number of hydrogen-bond donors (Lipinski definition) is 1. The van der Waals surface area contributed by atoms with E-state index in [0.717, 1.165) is 27.8 Å². The van der Waals surface area contributed by atoms with Crippen LogP contribution in [0.2, 0.25) is 0 Å². The monoisotopic (exact) mass is 316 g/mol. The molecule has 6 heteroatoms. The van der Waals surface area contributed by atoms with E-state index in [4.69, 9.17) is 10.2 Å². The summed E-state index contributed by atoms with van der Waals surface area (Å²) in [6, 6.07) is 11.1. The van der Waals surface area contributed by atoms with E-state index in [9.17, 15) is 4.79 Å². The van der Waals surface area contributed by atoms with Gasteiger partial charge in [-0.2, -0.15) is 0 Å². The van der Waals surface area contributed by atoms with Crippen LogP contribution in [-0.4, -0.2) is 20.9 Å². The molecule has 4 aromatic rings. The van der Waals surface area contributed by atoms with Gasteiger partial charge in [-0.3, -0.25) is 14.8 Å². The second-order valence-corrected chi connectivity index (χ2v) is 5.28. The zero-order valence-electron chi connectivity index (χ0n) is 12.5. The molecular weight excluding hydrogens is 304 g/mol. The molecule has 0 radical (unpaired) electrons. The SMILES string of the molecule is NC(=O)c1cncc(-c2cncc(-c3nc4ccccc4o3)c2)c1. The highest BCUT2D eigenvalue weighted by atomic mass is 16.3. The van der Waals surface area contributed by atoms with Crippen LogP contribution in [0.25, 0.3) is 33.7 Å². The van der Waals surface area contributed by atoms with Gasteiger partial charge in [0, 0.05) is 35.9 Å². The number of nitrogens with zero attached hydrogens (tertiary/aromatic N) is 3. The van der Waals surface area contributed by atoms with Crippen LogP contribution in [0.5, 0.6) is 0 Å². The third kappa shape index (κ3) is 2.50. The van der Waals surface area contributed by atoms with Crippen molar-refractivity contribution in [2.45, 2.75) is 0 Å². The Kier molecular flexibility index (Phi) is 3.28. The van der Waals surface area contributed by atoms with Crippen LogP contribution in [0.3, 0.4) is 0 Å². The molecular formula is C18H12N4O2. The summed E-state index contributed by atoms with van der Waals surface area (Å²) in [7, 11) is 0. The van der Waals surface area contributed by atoms with E-state index in [-0.39, 0.29) is 0 Å². The van der Waals surface area contributed by atoms with E-state index in [1.807, 2.05) is 30.3 Å². The molecule has 0 unspecified atom stereocenters. The molecule has 4 rings (SSSR count). The molecule has 0 bridgehead atoms. The van der Waals surface area contributed by atoms with Gasteiger partial charge in [0.15, 0.2) is 5.58 Å². The summed E-state index contributed by atoms with van der Waals surface area (Å²) in [6.45, 7) is 0. The number of fused-ring (bicyclic) bond motifs is 1. The second-order valence-electron chi connectivity index (χ2n) is 5.28. The Hall–Kier alpha value is -3.54. The average molecular weight is 316 g/mol. The van der Waals surface area contributed by atoms with E-state index in [2.05, 4.69) is 15.0 Å². The molecule has 0 saturated heterocycles. The molecule has 0 aliphatic heterocycles. The molecule has 0 aliphatic rings. The molecule has 1 aromatic carbocycles. The number of carbonyl (C=O) groups is 1. The summed E-state index contributed by atoms with van der Waals surface area (Å²) >= 11 is 0. The van der Waals surface area contributed by atoms with Gasteiger partial charge < -0.3 is 10.2 Å². The number of benzene rings is 1. The Morgan fingerprint density at radius 1 is 0.917 bits per heavy atom. The zero-order valence-corrected chi connectivity index (χ0v) is 12.5. The molecule has 0 atom stereocenters. The Balaban J connectivity index is 1.78. The number of carbonyl (C=O) groups excluding carboxylic acids is 1. The van der Waals surface area contributed by atoms with Crippen molar-refractivity contribution in [3.63, 3.8) is 0 Å². The van der Waals surface area contributed by atoms with Gasteiger partial charge in [0.25, 0.3) is 0 Å². The Bertz CT molecular complexity index is 1020. The average Bonchev–Trinajstić information content (AvgIpc) is 3.06. The van der Waals surface area contributed by atoms with Crippen LogP contribution >= 0.6 is 0 Å². The largest absolute Gasteiger partial charge is 0.436 e. The van der Waals surface area contributed by atoms with Crippen molar-refractivity contribution in [2.75, 3.05) is 0 Å². The van der Waals surface area contributed by atoms with Crippen LogP contribution in [0.1, 0.15) is 10.4 Å². The van der Waals surface area contributed by atoms with Crippen LogP contribution in [0, 0.1) is 0 Å². The highest BCUT2D eigenvalue weighted by molar-refractivity contribution is 5.93. The number of rotatable bonds is 3. The third-order valence-corrected chi connectivity index (χ3v) is 3.64. The topological polar surface area (TPSA) is 94.9 Å². The number of amides is 1. The summed E-state index contributed by atoms with van der Waals surface area (Å²) in [5, 5.41) is 0. The van der Waals surface area contributed by atoms with E-state index in [1.165, 1.54) is 6.20 Å². The molecule has 3 aromatic heterocycles. The molecule has 24 heavy (non-hydrogen) atoms. The molecule has 1 amide bonds. The lowest BCUT2D eigenvalue weighted by atomic mass is 10.1. The summed E-state index contributed by atoms with van der Waals surface area (Å²) in [6.07, 6.45) is 6.46. The molecule has 0 fully saturated rings. The van der Waals surface area contributed by atoms with Crippen LogP contribution in [0.4, 0.5) is 0 Å². The Morgan fingerprint density at radius 3 is 2.42 bits per heavy atom. The van der Waals surface area contributed by atoms with Crippen molar-refractivity contribution < 1.29 is 9.21 Å². The van der Waals surface area contributed by atoms with Crippen LogP contribution < -0.4 is 5.73 Å². The first-order valence-electron chi connectivity index (χ1n) is 7.27. The number of para-hydroxylation sites is 2. The van der Waals surface area contributed by atoms with Gasteiger partial charge in [-0.05, 0) is 24.3 Å². The highest BCUT2D eigenvalue weighted by Crippen LogP contribution is 2.27. The predicted octanol–water partition coefficient (Wildman–Crippen LogP) is 3.05. The van der Waals surface area contributed by atoms with Gasteiger partial charge in [0.1, 0.15) is 5.52 Å². The first kappa shape index (κ1) is 14.1. The zero-order chi connectivity index (χ0) is 16.5. The normalized spacial score (nSPS) is 10.8. The van der Waals surface area contributed by atoms with Crippen molar-refractivity contribution in [2.24, 2.45) is 5.73 Å². The maximum atomic E-state index is 11.3. The number of pyridine rings is 2. The van der Waals surface area contributed by atoms with Gasteiger partial charge in [-0.15, -0.1) is 0 Å². The summed E-state index contributed by atoms with van der Waals surface area (Å²) in [5.74, 6) is -0.0306. The van der Waals surface area contributed by atoms with Crippen molar-refractivity contribution in [1.82, 2.24) is 15.0 Å². The predicted molar refractivity (Wildman–Crippen MR) is 89.0 cm³/mol. The van der Waals surface area contributed by atoms with Crippen molar-refractivity contribution in [3.05, 3.63) is 66.7 Å². The molecule has 0 spiro atoms. The lowest BCUT2D eigenvalue weighted by Gasteiger charge is -2.04. The standard InChI is InChI=1S/C18H12N4O2/c19-17(23)13-5-11(7-20-9-13)12-6-14(10-21-8-12)18-22-15-3-1-2-4-16(15)24-18/h1-10H,(H2,19,23). The number of primary amides is 1. The van der Waals surface area contributed by atoms with E-state index in [0.29, 0.717) is 11.5 Å².